The molecule has 0 fully saturated rings. The Bertz CT molecular complexity index is 204. The first kappa shape index (κ1) is 19.9. The normalized spacial score (nSPS) is 15.4. The topological polar surface area (TPSA) is 54.0 Å². The van der Waals surface area contributed by atoms with E-state index in [2.05, 4.69) is 63.7 Å². The van der Waals surface area contributed by atoms with Crippen molar-refractivity contribution in [1.82, 2.24) is 0 Å². The van der Waals surface area contributed by atoms with Gasteiger partial charge in [-0.2, -0.15) is 0 Å². The Kier molecular flexibility index (Phi) is 15.3. The van der Waals surface area contributed by atoms with Crippen molar-refractivity contribution in [2.75, 3.05) is 37.5 Å². The predicted molar refractivity (Wildman–Crippen MR) is 84.4 cm³/mol. The number of hydrogen-bond acceptors (Lipinski definition) is 5. The third kappa shape index (κ3) is 12.9. The largest absolute Gasteiger partial charge is 0.702 e. The van der Waals surface area contributed by atoms with Crippen LogP contribution in [0.25, 0.3) is 0 Å². The molecule has 0 saturated heterocycles. The number of halogens is 4. The van der Waals surface area contributed by atoms with Crippen LogP contribution in [0.15, 0.2) is 0 Å². The first-order valence-corrected chi connectivity index (χ1v) is 10.1. The molecule has 0 radical (unpaired) electrons. The van der Waals surface area contributed by atoms with E-state index < -0.39 is 8.25 Å². The summed E-state index contributed by atoms with van der Waals surface area (Å²) in [4.78, 5) is 0.395. The highest BCUT2D eigenvalue weighted by Crippen LogP contribution is 2.23. The second-order valence-corrected chi connectivity index (χ2v) is 7.81. The van der Waals surface area contributed by atoms with Gasteiger partial charge in [0.2, 0.25) is 13.6 Å². The van der Waals surface area contributed by atoms with Crippen molar-refractivity contribution in [2.24, 2.45) is 0 Å². The van der Waals surface area contributed by atoms with E-state index in [1.54, 1.807) is 0 Å². The monoisotopic (exact) mass is 537 g/mol. The van der Waals surface area contributed by atoms with Crippen LogP contribution >= 0.6 is 72.0 Å². The van der Waals surface area contributed by atoms with E-state index in [4.69, 9.17) is 18.5 Å². The quantitative estimate of drug-likeness (QED) is 0.162. The van der Waals surface area contributed by atoms with E-state index in [1.807, 2.05) is 0 Å². The molecule has 18 heavy (non-hydrogen) atoms. The number of rotatable bonds is 12. The molecule has 0 aliphatic heterocycles. The van der Waals surface area contributed by atoms with Gasteiger partial charge in [-0.1, -0.05) is 72.8 Å². The van der Waals surface area contributed by atoms with Crippen LogP contribution in [0.2, 0.25) is 0 Å². The zero-order valence-corrected chi connectivity index (χ0v) is 16.6. The van der Waals surface area contributed by atoms with Gasteiger partial charge >= 0.3 is 8.25 Å². The highest BCUT2D eigenvalue weighted by Gasteiger charge is 2.20. The first-order chi connectivity index (χ1) is 8.60. The standard InChI is InChI=1S/C8H14Br4O5P/c9-1-7(11)3-14-5-16-18(13)17-6-15-4-8(12)2-10/h7-8H,1-6H2/q+1. The van der Waals surface area contributed by atoms with Crippen molar-refractivity contribution >= 4 is 72.0 Å². The molecular weight excluding hydrogens is 527 g/mol. The Morgan fingerprint density at radius 2 is 1.28 bits per heavy atom. The van der Waals surface area contributed by atoms with Gasteiger partial charge < -0.3 is 9.47 Å². The maximum atomic E-state index is 11.2. The van der Waals surface area contributed by atoms with Gasteiger partial charge in [-0.3, -0.25) is 0 Å². The SMILES string of the molecule is O=[P+](OCOCC(Br)CBr)OCOCC(Br)CBr. The molecule has 0 aliphatic carbocycles. The number of alkyl halides is 4. The van der Waals surface area contributed by atoms with Gasteiger partial charge in [0.05, 0.1) is 13.2 Å². The van der Waals surface area contributed by atoms with Gasteiger partial charge in [0.15, 0.2) is 0 Å². The molecule has 0 saturated carbocycles. The van der Waals surface area contributed by atoms with Crippen LogP contribution in [0.5, 0.6) is 0 Å². The summed E-state index contributed by atoms with van der Waals surface area (Å²) in [7, 11) is -2.20. The molecule has 5 nitrogen and oxygen atoms in total. The summed E-state index contributed by atoms with van der Waals surface area (Å²) in [5.74, 6) is 0. The Morgan fingerprint density at radius 1 is 0.889 bits per heavy atom. The van der Waals surface area contributed by atoms with Crippen molar-refractivity contribution in [3.05, 3.63) is 0 Å². The molecule has 0 N–H and O–H groups in total. The predicted octanol–water partition coefficient (Wildman–Crippen LogP) is 3.94. The zero-order chi connectivity index (χ0) is 13.8. The lowest BCUT2D eigenvalue weighted by Gasteiger charge is -2.04. The van der Waals surface area contributed by atoms with Gasteiger partial charge in [0.1, 0.15) is 0 Å². The summed E-state index contributed by atoms with van der Waals surface area (Å²) < 4.78 is 31.0. The fraction of sp³-hybridized carbons (Fsp3) is 1.00. The zero-order valence-electron chi connectivity index (χ0n) is 9.40. The highest BCUT2D eigenvalue weighted by molar-refractivity contribution is 9.12. The van der Waals surface area contributed by atoms with E-state index >= 15 is 0 Å². The van der Waals surface area contributed by atoms with E-state index in [1.165, 1.54) is 0 Å². The van der Waals surface area contributed by atoms with Crippen LogP contribution in [0.4, 0.5) is 0 Å². The number of ether oxygens (including phenoxy) is 2. The van der Waals surface area contributed by atoms with Crippen molar-refractivity contribution in [3.8, 4) is 0 Å². The summed E-state index contributed by atoms with van der Waals surface area (Å²) in [6.45, 7) is 0.766. The highest BCUT2D eigenvalue weighted by atomic mass is 79.9. The second kappa shape index (κ2) is 13.8. The molecular formula is C8H14Br4O5P+. The summed E-state index contributed by atoms with van der Waals surface area (Å²) in [5.41, 5.74) is 0. The molecule has 10 heteroatoms. The molecule has 108 valence electrons. The summed E-state index contributed by atoms with van der Waals surface area (Å²) >= 11 is 13.3. The lowest BCUT2D eigenvalue weighted by atomic mass is 10.5. The lowest BCUT2D eigenvalue weighted by molar-refractivity contribution is -0.0154. The van der Waals surface area contributed by atoms with Crippen LogP contribution in [-0.4, -0.2) is 47.1 Å². The van der Waals surface area contributed by atoms with Gasteiger partial charge in [0, 0.05) is 24.9 Å². The van der Waals surface area contributed by atoms with Crippen LogP contribution in [-0.2, 0) is 23.1 Å². The van der Waals surface area contributed by atoms with Crippen LogP contribution in [0.3, 0.4) is 0 Å². The molecule has 0 spiro atoms. The first-order valence-electron chi connectivity index (χ1n) is 4.88. The minimum Gasteiger partial charge on any atom is -0.349 e. The smallest absolute Gasteiger partial charge is 0.349 e. The third-order valence-corrected chi connectivity index (χ3v) is 6.52. The Morgan fingerprint density at radius 3 is 1.61 bits per heavy atom. The van der Waals surface area contributed by atoms with E-state index in [0.29, 0.717) is 13.2 Å². The van der Waals surface area contributed by atoms with Crippen molar-refractivity contribution < 1.29 is 23.1 Å². The van der Waals surface area contributed by atoms with Crippen LogP contribution < -0.4 is 0 Å². The fourth-order valence-electron chi connectivity index (χ4n) is 0.639. The van der Waals surface area contributed by atoms with Gasteiger partial charge in [-0.15, -0.1) is 0 Å². The van der Waals surface area contributed by atoms with E-state index in [0.717, 1.165) is 10.7 Å². The number of hydrogen-bond donors (Lipinski definition) is 0. The molecule has 2 atom stereocenters. The van der Waals surface area contributed by atoms with E-state index in [9.17, 15) is 4.57 Å². The molecule has 0 aromatic carbocycles. The molecule has 2 unspecified atom stereocenters. The third-order valence-electron chi connectivity index (χ3n) is 1.42. The van der Waals surface area contributed by atoms with Gasteiger partial charge in [-0.05, 0) is 0 Å². The average Bonchev–Trinajstić information content (AvgIpc) is 2.38. The molecule has 0 rings (SSSR count). The summed E-state index contributed by atoms with van der Waals surface area (Å²) in [6.07, 6.45) is 0. The maximum Gasteiger partial charge on any atom is 0.702 e. The maximum absolute atomic E-state index is 11.2. The fourth-order valence-corrected chi connectivity index (χ4v) is 1.78. The Balaban J connectivity index is 3.33. The molecule has 0 heterocycles. The van der Waals surface area contributed by atoms with Gasteiger partial charge in [0.25, 0.3) is 0 Å². The lowest BCUT2D eigenvalue weighted by Crippen LogP contribution is -2.12. The van der Waals surface area contributed by atoms with Crippen molar-refractivity contribution in [2.45, 2.75) is 9.65 Å². The molecule has 0 aromatic rings. The second-order valence-electron chi connectivity index (χ2n) is 2.96. The minimum atomic E-state index is -2.20. The summed E-state index contributed by atoms with van der Waals surface area (Å²) in [6, 6.07) is 0. The molecule has 0 amide bonds. The van der Waals surface area contributed by atoms with Crippen molar-refractivity contribution in [1.29, 1.82) is 0 Å². The average molecular weight is 541 g/mol. The molecule has 0 aliphatic rings. The van der Waals surface area contributed by atoms with Crippen molar-refractivity contribution in [3.63, 3.8) is 0 Å². The molecule has 0 aromatic heterocycles. The van der Waals surface area contributed by atoms with Crippen LogP contribution in [0.1, 0.15) is 0 Å². The van der Waals surface area contributed by atoms with Crippen LogP contribution in [0, 0.1) is 0 Å². The Labute approximate surface area is 141 Å². The Hall–Kier alpha value is 1.86. The molecule has 0 bridgehead atoms. The van der Waals surface area contributed by atoms with Gasteiger partial charge in [-0.25, -0.2) is 0 Å². The summed E-state index contributed by atoms with van der Waals surface area (Å²) in [5, 5.41) is 1.54. The van der Waals surface area contributed by atoms with E-state index in [-0.39, 0.29) is 23.2 Å². The minimum absolute atomic E-state index is 0.0766.